The highest BCUT2D eigenvalue weighted by molar-refractivity contribution is 8.00. The van der Waals surface area contributed by atoms with E-state index in [-0.39, 0.29) is 11.2 Å². The Hall–Kier alpha value is -3.00. The molecule has 1 unspecified atom stereocenters. The second-order valence-electron chi connectivity index (χ2n) is 6.01. The van der Waals surface area contributed by atoms with E-state index in [1.807, 2.05) is 60.0 Å². The average molecular weight is 398 g/mol. The standard InChI is InChI=1S/C20H22N4O3S/c1-14(19(25)21-12-15-7-9-17(26-2)10-8-15)28-20-23-22-13-24(20)16-5-4-6-18(11-16)27-3/h4-11,13-14H,12H2,1-3H3,(H,21,25). The molecule has 0 bridgehead atoms. The van der Waals surface area contributed by atoms with E-state index in [2.05, 4.69) is 15.5 Å². The first-order chi connectivity index (χ1) is 13.6. The van der Waals surface area contributed by atoms with E-state index in [0.29, 0.717) is 11.7 Å². The van der Waals surface area contributed by atoms with Crippen molar-refractivity contribution in [1.82, 2.24) is 20.1 Å². The number of aromatic nitrogens is 3. The predicted molar refractivity (Wildman–Crippen MR) is 108 cm³/mol. The second-order valence-corrected chi connectivity index (χ2v) is 7.32. The summed E-state index contributed by atoms with van der Waals surface area (Å²) in [5, 5.41) is 11.4. The van der Waals surface area contributed by atoms with E-state index in [4.69, 9.17) is 9.47 Å². The molecule has 1 heterocycles. The average Bonchev–Trinajstić information content (AvgIpc) is 3.20. The highest BCUT2D eigenvalue weighted by Crippen LogP contribution is 2.25. The van der Waals surface area contributed by atoms with Crippen molar-refractivity contribution in [3.63, 3.8) is 0 Å². The molecule has 28 heavy (non-hydrogen) atoms. The zero-order chi connectivity index (χ0) is 19.9. The van der Waals surface area contributed by atoms with Crippen LogP contribution < -0.4 is 14.8 Å². The highest BCUT2D eigenvalue weighted by atomic mass is 32.2. The molecule has 0 aliphatic rings. The summed E-state index contributed by atoms with van der Waals surface area (Å²) in [6, 6.07) is 15.2. The summed E-state index contributed by atoms with van der Waals surface area (Å²) in [5.74, 6) is 1.46. The largest absolute Gasteiger partial charge is 0.497 e. The molecule has 146 valence electrons. The fourth-order valence-corrected chi connectivity index (χ4v) is 3.40. The van der Waals surface area contributed by atoms with Gasteiger partial charge < -0.3 is 14.8 Å². The molecular weight excluding hydrogens is 376 g/mol. The third-order valence-electron chi connectivity index (χ3n) is 4.13. The number of methoxy groups -OCH3 is 2. The Kier molecular flexibility index (Phi) is 6.54. The first-order valence-electron chi connectivity index (χ1n) is 8.72. The number of carbonyl (C=O) groups is 1. The minimum Gasteiger partial charge on any atom is -0.497 e. The van der Waals surface area contributed by atoms with E-state index >= 15 is 0 Å². The smallest absolute Gasteiger partial charge is 0.233 e. The topological polar surface area (TPSA) is 78.3 Å². The minimum atomic E-state index is -0.327. The van der Waals surface area contributed by atoms with E-state index in [0.717, 1.165) is 22.7 Å². The molecule has 0 saturated heterocycles. The van der Waals surface area contributed by atoms with Crippen LogP contribution in [0.1, 0.15) is 12.5 Å². The van der Waals surface area contributed by atoms with Gasteiger partial charge >= 0.3 is 0 Å². The van der Waals surface area contributed by atoms with Gasteiger partial charge in [0.05, 0.1) is 25.2 Å². The Morgan fingerprint density at radius 3 is 2.61 bits per heavy atom. The van der Waals surface area contributed by atoms with E-state index in [9.17, 15) is 4.79 Å². The molecule has 7 nitrogen and oxygen atoms in total. The van der Waals surface area contributed by atoms with Crippen molar-refractivity contribution < 1.29 is 14.3 Å². The second kappa shape index (κ2) is 9.27. The number of rotatable bonds is 8. The number of carbonyl (C=O) groups excluding carboxylic acids is 1. The van der Waals surface area contributed by atoms with E-state index in [1.165, 1.54) is 11.8 Å². The molecule has 1 aromatic heterocycles. The lowest BCUT2D eigenvalue weighted by Gasteiger charge is -2.13. The molecule has 3 rings (SSSR count). The van der Waals surface area contributed by atoms with Crippen LogP contribution in [0.2, 0.25) is 0 Å². The van der Waals surface area contributed by atoms with Crippen LogP contribution in [-0.2, 0) is 11.3 Å². The summed E-state index contributed by atoms with van der Waals surface area (Å²) in [7, 11) is 3.25. The van der Waals surface area contributed by atoms with Crippen molar-refractivity contribution in [3.8, 4) is 17.2 Å². The van der Waals surface area contributed by atoms with Gasteiger partial charge in [-0.05, 0) is 36.8 Å². The first-order valence-corrected chi connectivity index (χ1v) is 9.60. The van der Waals surface area contributed by atoms with Crippen molar-refractivity contribution in [2.75, 3.05) is 14.2 Å². The van der Waals surface area contributed by atoms with Gasteiger partial charge in [0.15, 0.2) is 5.16 Å². The maximum Gasteiger partial charge on any atom is 0.233 e. The van der Waals surface area contributed by atoms with Gasteiger partial charge in [0.2, 0.25) is 5.91 Å². The zero-order valence-corrected chi connectivity index (χ0v) is 16.8. The van der Waals surface area contributed by atoms with Gasteiger partial charge in [-0.1, -0.05) is 30.0 Å². The molecule has 0 radical (unpaired) electrons. The number of ether oxygens (including phenoxy) is 2. The maximum absolute atomic E-state index is 12.5. The summed E-state index contributed by atoms with van der Waals surface area (Å²) >= 11 is 1.35. The third-order valence-corrected chi connectivity index (χ3v) is 5.18. The molecule has 0 spiro atoms. The molecule has 0 fully saturated rings. The molecule has 0 aliphatic carbocycles. The number of hydrogen-bond donors (Lipinski definition) is 1. The van der Waals surface area contributed by atoms with Crippen LogP contribution in [0.15, 0.2) is 60.0 Å². The summed E-state index contributed by atoms with van der Waals surface area (Å²) < 4.78 is 12.2. The van der Waals surface area contributed by atoms with Gasteiger partial charge in [0.1, 0.15) is 17.8 Å². The van der Waals surface area contributed by atoms with Gasteiger partial charge in [0.25, 0.3) is 0 Å². The van der Waals surface area contributed by atoms with E-state index in [1.54, 1.807) is 20.5 Å². The van der Waals surface area contributed by atoms with Crippen LogP contribution in [-0.4, -0.2) is 40.1 Å². The lowest BCUT2D eigenvalue weighted by molar-refractivity contribution is -0.120. The Balaban J connectivity index is 1.62. The molecule has 0 saturated carbocycles. The SMILES string of the molecule is COc1ccc(CNC(=O)C(C)Sc2nncn2-c2cccc(OC)c2)cc1. The number of thioether (sulfide) groups is 1. The summed E-state index contributed by atoms with van der Waals surface area (Å²) in [6.45, 7) is 2.30. The van der Waals surface area contributed by atoms with Gasteiger partial charge in [-0.3, -0.25) is 9.36 Å². The molecular formula is C20H22N4O3S. The monoisotopic (exact) mass is 398 g/mol. The highest BCUT2D eigenvalue weighted by Gasteiger charge is 2.18. The molecule has 2 aromatic carbocycles. The molecule has 1 amide bonds. The van der Waals surface area contributed by atoms with Crippen LogP contribution in [0, 0.1) is 0 Å². The van der Waals surface area contributed by atoms with Crippen molar-refractivity contribution in [2.45, 2.75) is 23.9 Å². The van der Waals surface area contributed by atoms with Crippen molar-refractivity contribution in [1.29, 1.82) is 0 Å². The summed E-state index contributed by atoms with van der Waals surface area (Å²) in [6.07, 6.45) is 1.62. The lowest BCUT2D eigenvalue weighted by atomic mass is 10.2. The predicted octanol–water partition coefficient (Wildman–Crippen LogP) is 3.08. The van der Waals surface area contributed by atoms with Gasteiger partial charge in [0, 0.05) is 12.6 Å². The Morgan fingerprint density at radius 1 is 1.14 bits per heavy atom. The van der Waals surface area contributed by atoms with Gasteiger partial charge in [-0.2, -0.15) is 0 Å². The Bertz CT molecular complexity index is 927. The van der Waals surface area contributed by atoms with Crippen LogP contribution in [0.4, 0.5) is 0 Å². The fourth-order valence-electron chi connectivity index (χ4n) is 2.53. The Morgan fingerprint density at radius 2 is 1.89 bits per heavy atom. The van der Waals surface area contributed by atoms with Crippen LogP contribution in [0.25, 0.3) is 5.69 Å². The molecule has 0 aliphatic heterocycles. The van der Waals surface area contributed by atoms with Crippen LogP contribution in [0.3, 0.4) is 0 Å². The maximum atomic E-state index is 12.5. The lowest BCUT2D eigenvalue weighted by Crippen LogP contribution is -2.30. The Labute approximate surface area is 168 Å². The first kappa shape index (κ1) is 19.8. The molecule has 1 atom stereocenters. The van der Waals surface area contributed by atoms with E-state index < -0.39 is 0 Å². The quantitative estimate of drug-likeness (QED) is 0.588. The van der Waals surface area contributed by atoms with Crippen LogP contribution >= 0.6 is 11.8 Å². The molecule has 8 heteroatoms. The summed E-state index contributed by atoms with van der Waals surface area (Å²) in [5.41, 5.74) is 1.88. The number of amides is 1. The van der Waals surface area contributed by atoms with Crippen molar-refractivity contribution in [2.24, 2.45) is 0 Å². The third kappa shape index (κ3) is 4.83. The number of hydrogen-bond acceptors (Lipinski definition) is 6. The number of benzene rings is 2. The van der Waals surface area contributed by atoms with Gasteiger partial charge in [-0.25, -0.2) is 0 Å². The fraction of sp³-hybridized carbons (Fsp3) is 0.250. The van der Waals surface area contributed by atoms with Gasteiger partial charge in [-0.15, -0.1) is 10.2 Å². The normalized spacial score (nSPS) is 11.7. The number of nitrogens with one attached hydrogen (secondary N) is 1. The molecule has 3 aromatic rings. The number of nitrogens with zero attached hydrogens (tertiary/aromatic N) is 3. The van der Waals surface area contributed by atoms with Crippen molar-refractivity contribution in [3.05, 3.63) is 60.4 Å². The molecule has 1 N–H and O–H groups in total. The minimum absolute atomic E-state index is 0.0685. The zero-order valence-electron chi connectivity index (χ0n) is 16.0. The van der Waals surface area contributed by atoms with Crippen LogP contribution in [0.5, 0.6) is 11.5 Å². The van der Waals surface area contributed by atoms with Crippen molar-refractivity contribution >= 4 is 17.7 Å². The summed E-state index contributed by atoms with van der Waals surface area (Å²) in [4.78, 5) is 12.5.